The van der Waals surface area contributed by atoms with Crippen LogP contribution in [0.3, 0.4) is 0 Å². The molecule has 0 saturated carbocycles. The Morgan fingerprint density at radius 2 is 2.14 bits per heavy atom. The van der Waals surface area contributed by atoms with Crippen molar-refractivity contribution in [3.63, 3.8) is 0 Å². The summed E-state index contributed by atoms with van der Waals surface area (Å²) in [6, 6.07) is 0. The first-order chi connectivity index (χ1) is 6.50. The summed E-state index contributed by atoms with van der Waals surface area (Å²) in [6.45, 7) is 9.01. The van der Waals surface area contributed by atoms with Gasteiger partial charge in [0.25, 0.3) is 0 Å². The molecule has 0 aromatic rings. The summed E-state index contributed by atoms with van der Waals surface area (Å²) >= 11 is 0. The topological polar surface area (TPSA) is 17.1 Å². The van der Waals surface area contributed by atoms with Gasteiger partial charge in [-0.2, -0.15) is 0 Å². The van der Waals surface area contributed by atoms with Gasteiger partial charge in [-0.1, -0.05) is 38.5 Å². The van der Waals surface area contributed by atoms with Crippen LogP contribution in [0, 0.1) is 17.3 Å². The van der Waals surface area contributed by atoms with Crippen LogP contribution in [-0.2, 0) is 4.79 Å². The molecule has 0 bridgehead atoms. The molecule has 0 amide bonds. The van der Waals surface area contributed by atoms with Crippen molar-refractivity contribution in [2.75, 3.05) is 0 Å². The van der Waals surface area contributed by atoms with E-state index in [2.05, 4.69) is 33.8 Å². The molecular weight excluding hydrogens is 172 g/mol. The van der Waals surface area contributed by atoms with Crippen LogP contribution in [0.4, 0.5) is 0 Å². The molecule has 0 fully saturated rings. The fourth-order valence-corrected chi connectivity index (χ4v) is 2.24. The van der Waals surface area contributed by atoms with Gasteiger partial charge >= 0.3 is 0 Å². The number of allylic oxidation sites excluding steroid dienone is 4. The summed E-state index contributed by atoms with van der Waals surface area (Å²) in [5, 5.41) is 0. The number of aldehydes is 1. The normalized spacial score (nSPS) is 31.6. The first kappa shape index (κ1) is 11.2. The van der Waals surface area contributed by atoms with Gasteiger partial charge in [-0.25, -0.2) is 0 Å². The highest BCUT2D eigenvalue weighted by atomic mass is 16.1. The largest absolute Gasteiger partial charge is 0.299 e. The van der Waals surface area contributed by atoms with Crippen molar-refractivity contribution in [3.8, 4) is 0 Å². The molecule has 1 heteroatoms. The second-order valence-electron chi connectivity index (χ2n) is 4.90. The van der Waals surface area contributed by atoms with Crippen LogP contribution < -0.4 is 0 Å². The summed E-state index contributed by atoms with van der Waals surface area (Å²) in [5.41, 5.74) is 1.66. The first-order valence-electron chi connectivity index (χ1n) is 5.28. The van der Waals surface area contributed by atoms with Gasteiger partial charge < -0.3 is 0 Å². The van der Waals surface area contributed by atoms with E-state index in [-0.39, 0.29) is 5.41 Å². The third kappa shape index (κ3) is 1.97. The van der Waals surface area contributed by atoms with Gasteiger partial charge in [-0.3, -0.25) is 4.79 Å². The average molecular weight is 192 g/mol. The van der Waals surface area contributed by atoms with Gasteiger partial charge in [0.1, 0.15) is 6.29 Å². The van der Waals surface area contributed by atoms with E-state index in [4.69, 9.17) is 0 Å². The smallest absolute Gasteiger partial charge is 0.142 e. The molecule has 1 aliphatic carbocycles. The molecule has 0 aromatic carbocycles. The lowest BCUT2D eigenvalue weighted by Crippen LogP contribution is -2.33. The number of rotatable bonds is 2. The monoisotopic (exact) mass is 192 g/mol. The molecule has 1 aliphatic rings. The van der Waals surface area contributed by atoms with E-state index < -0.39 is 0 Å². The van der Waals surface area contributed by atoms with Crippen molar-refractivity contribution in [3.05, 3.63) is 23.8 Å². The molecule has 0 heterocycles. The van der Waals surface area contributed by atoms with Gasteiger partial charge in [-0.15, -0.1) is 0 Å². The van der Waals surface area contributed by atoms with E-state index in [1.54, 1.807) is 6.08 Å². The van der Waals surface area contributed by atoms with Gasteiger partial charge in [-0.05, 0) is 30.8 Å². The van der Waals surface area contributed by atoms with Crippen LogP contribution in [-0.4, -0.2) is 6.29 Å². The van der Waals surface area contributed by atoms with Crippen LogP contribution in [0.2, 0.25) is 0 Å². The second-order valence-corrected chi connectivity index (χ2v) is 4.90. The standard InChI is InChI=1S/C13H20O/c1-10-7-8-11(2)13(3,4)12(10)6-5-9-14/h5-7,9,11-12H,8H2,1-4H3/b6-5+/t11-,12+/m0/s1. The predicted octanol–water partition coefficient (Wildman–Crippen LogP) is 3.37. The Balaban J connectivity index is 2.97. The van der Waals surface area contributed by atoms with E-state index in [1.165, 1.54) is 5.57 Å². The average Bonchev–Trinajstić information content (AvgIpc) is 2.12. The molecule has 0 spiro atoms. The highest BCUT2D eigenvalue weighted by Crippen LogP contribution is 2.45. The number of hydrogen-bond acceptors (Lipinski definition) is 1. The molecule has 2 atom stereocenters. The lowest BCUT2D eigenvalue weighted by Gasteiger charge is -2.42. The predicted molar refractivity (Wildman–Crippen MR) is 60.0 cm³/mol. The number of carbonyl (C=O) groups is 1. The van der Waals surface area contributed by atoms with Crippen molar-refractivity contribution in [2.45, 2.75) is 34.1 Å². The maximum Gasteiger partial charge on any atom is 0.142 e. The Morgan fingerprint density at radius 1 is 1.50 bits per heavy atom. The third-order valence-electron chi connectivity index (χ3n) is 3.74. The fourth-order valence-electron chi connectivity index (χ4n) is 2.24. The van der Waals surface area contributed by atoms with Crippen LogP contribution in [0.15, 0.2) is 23.8 Å². The van der Waals surface area contributed by atoms with Crippen LogP contribution >= 0.6 is 0 Å². The maximum absolute atomic E-state index is 10.3. The Bertz CT molecular complexity index is 271. The molecule has 0 aromatic heterocycles. The first-order valence-corrected chi connectivity index (χ1v) is 5.28. The second kappa shape index (κ2) is 4.12. The summed E-state index contributed by atoms with van der Waals surface area (Å²) in [7, 11) is 0. The maximum atomic E-state index is 10.3. The summed E-state index contributed by atoms with van der Waals surface area (Å²) in [4.78, 5) is 10.3. The van der Waals surface area contributed by atoms with Gasteiger partial charge in [0, 0.05) is 5.92 Å². The zero-order valence-electron chi connectivity index (χ0n) is 9.58. The molecule has 0 N–H and O–H groups in total. The Labute approximate surface area is 86.9 Å². The zero-order valence-corrected chi connectivity index (χ0v) is 9.58. The van der Waals surface area contributed by atoms with E-state index in [9.17, 15) is 4.79 Å². The van der Waals surface area contributed by atoms with Gasteiger partial charge in [0.15, 0.2) is 0 Å². The Kier molecular flexibility index (Phi) is 3.30. The van der Waals surface area contributed by atoms with Crippen molar-refractivity contribution in [1.82, 2.24) is 0 Å². The van der Waals surface area contributed by atoms with Gasteiger partial charge in [0.2, 0.25) is 0 Å². The summed E-state index contributed by atoms with van der Waals surface area (Å²) in [5.74, 6) is 1.09. The van der Waals surface area contributed by atoms with Crippen LogP contribution in [0.1, 0.15) is 34.1 Å². The Hall–Kier alpha value is -0.850. The van der Waals surface area contributed by atoms with Crippen molar-refractivity contribution < 1.29 is 4.79 Å². The molecule has 0 radical (unpaired) electrons. The zero-order chi connectivity index (χ0) is 10.8. The van der Waals surface area contributed by atoms with E-state index in [0.717, 1.165) is 12.7 Å². The molecule has 1 rings (SSSR count). The lowest BCUT2D eigenvalue weighted by molar-refractivity contribution is -0.104. The molecule has 0 unspecified atom stereocenters. The molecule has 0 aliphatic heterocycles. The van der Waals surface area contributed by atoms with Crippen molar-refractivity contribution >= 4 is 6.29 Å². The summed E-state index contributed by atoms with van der Waals surface area (Å²) in [6.07, 6.45) is 7.99. The molecule has 1 nitrogen and oxygen atoms in total. The minimum absolute atomic E-state index is 0.262. The minimum atomic E-state index is 0.262. The van der Waals surface area contributed by atoms with E-state index >= 15 is 0 Å². The third-order valence-corrected chi connectivity index (χ3v) is 3.74. The van der Waals surface area contributed by atoms with Crippen molar-refractivity contribution in [2.24, 2.45) is 17.3 Å². The summed E-state index contributed by atoms with van der Waals surface area (Å²) < 4.78 is 0. The van der Waals surface area contributed by atoms with Gasteiger partial charge in [0.05, 0.1) is 0 Å². The van der Waals surface area contributed by atoms with Crippen molar-refractivity contribution in [1.29, 1.82) is 0 Å². The Morgan fingerprint density at radius 3 is 2.71 bits per heavy atom. The quantitative estimate of drug-likeness (QED) is 0.372. The fraction of sp³-hybridized carbons (Fsp3) is 0.615. The number of carbonyl (C=O) groups excluding carboxylic acids is 1. The minimum Gasteiger partial charge on any atom is -0.299 e. The highest BCUT2D eigenvalue weighted by Gasteiger charge is 2.36. The molecule has 0 saturated heterocycles. The van der Waals surface area contributed by atoms with E-state index in [1.807, 2.05) is 6.08 Å². The van der Waals surface area contributed by atoms with E-state index in [0.29, 0.717) is 11.8 Å². The highest BCUT2D eigenvalue weighted by molar-refractivity contribution is 5.64. The molecule has 14 heavy (non-hydrogen) atoms. The molecular formula is C13H20O. The van der Waals surface area contributed by atoms with Crippen LogP contribution in [0.5, 0.6) is 0 Å². The number of hydrogen-bond donors (Lipinski definition) is 0. The molecule has 78 valence electrons. The van der Waals surface area contributed by atoms with Crippen LogP contribution in [0.25, 0.3) is 0 Å². The SMILES string of the molecule is CC1=CC[C@H](C)C(C)(C)[C@@H]1/C=C/C=O. The lowest BCUT2D eigenvalue weighted by atomic mass is 9.63.